The van der Waals surface area contributed by atoms with Crippen LogP contribution in [0.2, 0.25) is 0 Å². The van der Waals surface area contributed by atoms with Crippen molar-refractivity contribution < 1.29 is 14.3 Å². The summed E-state index contributed by atoms with van der Waals surface area (Å²) in [6, 6.07) is 14.6. The summed E-state index contributed by atoms with van der Waals surface area (Å²) >= 11 is 1.34. The van der Waals surface area contributed by atoms with Gasteiger partial charge in [-0.15, -0.1) is 10.2 Å². The van der Waals surface area contributed by atoms with Crippen molar-refractivity contribution in [1.82, 2.24) is 14.8 Å². The Morgan fingerprint density at radius 3 is 2.59 bits per heavy atom. The van der Waals surface area contributed by atoms with Gasteiger partial charge in [0, 0.05) is 30.3 Å². The second kappa shape index (κ2) is 11.5. The molecular weight excluding hydrogens is 424 g/mol. The van der Waals surface area contributed by atoms with Crippen LogP contribution in [0.3, 0.4) is 0 Å². The zero-order valence-corrected chi connectivity index (χ0v) is 19.4. The number of aromatic nitrogens is 3. The van der Waals surface area contributed by atoms with E-state index in [1.165, 1.54) is 11.8 Å². The first kappa shape index (κ1) is 23.5. The number of ketones is 1. The van der Waals surface area contributed by atoms with Gasteiger partial charge in [0.2, 0.25) is 5.91 Å². The Labute approximate surface area is 192 Å². The molecule has 1 aromatic heterocycles. The first-order valence-corrected chi connectivity index (χ1v) is 11.6. The number of nitrogens with zero attached hydrogens (tertiary/aromatic N) is 3. The SMILES string of the molecule is CCCCCC(=O)Nc1ccc(C(=O)CSc2nnc(-c3cccc(OC)c3)n2C)cc1. The molecule has 0 unspecified atom stereocenters. The third-order valence-corrected chi connectivity index (χ3v) is 6.01. The van der Waals surface area contributed by atoms with Crippen molar-refractivity contribution >= 4 is 29.1 Å². The molecule has 0 aliphatic carbocycles. The molecule has 0 saturated carbocycles. The normalized spacial score (nSPS) is 10.7. The van der Waals surface area contributed by atoms with E-state index >= 15 is 0 Å². The molecule has 0 bridgehead atoms. The summed E-state index contributed by atoms with van der Waals surface area (Å²) in [5.41, 5.74) is 2.19. The van der Waals surface area contributed by atoms with E-state index in [4.69, 9.17) is 4.74 Å². The molecule has 0 atom stereocenters. The number of carbonyl (C=O) groups excluding carboxylic acids is 2. The van der Waals surface area contributed by atoms with Gasteiger partial charge in [0.05, 0.1) is 12.9 Å². The topological polar surface area (TPSA) is 86.1 Å². The van der Waals surface area contributed by atoms with Gasteiger partial charge in [-0.25, -0.2) is 0 Å². The smallest absolute Gasteiger partial charge is 0.224 e. The number of rotatable bonds is 11. The predicted octanol–water partition coefficient (Wildman–Crippen LogP) is 4.98. The van der Waals surface area contributed by atoms with Crippen LogP contribution in [0.25, 0.3) is 11.4 Å². The Hall–Kier alpha value is -3.13. The summed E-state index contributed by atoms with van der Waals surface area (Å²) in [4.78, 5) is 24.5. The van der Waals surface area contributed by atoms with E-state index in [9.17, 15) is 9.59 Å². The number of hydrogen-bond acceptors (Lipinski definition) is 6. The quantitative estimate of drug-likeness (QED) is 0.251. The Bertz CT molecular complexity index is 1060. The Balaban J connectivity index is 1.56. The third kappa shape index (κ3) is 6.20. The zero-order valence-electron chi connectivity index (χ0n) is 18.6. The summed E-state index contributed by atoms with van der Waals surface area (Å²) in [5, 5.41) is 12.0. The number of ether oxygens (including phenoxy) is 1. The van der Waals surface area contributed by atoms with E-state index in [0.29, 0.717) is 28.7 Å². The number of amides is 1. The summed E-state index contributed by atoms with van der Waals surface area (Å²) in [7, 11) is 3.50. The van der Waals surface area contributed by atoms with E-state index in [-0.39, 0.29) is 17.4 Å². The number of benzene rings is 2. The molecule has 0 saturated heterocycles. The average Bonchev–Trinajstić information content (AvgIpc) is 3.18. The van der Waals surface area contributed by atoms with Crippen LogP contribution in [0, 0.1) is 0 Å². The van der Waals surface area contributed by atoms with Crippen molar-refractivity contribution in [3.63, 3.8) is 0 Å². The number of nitrogens with one attached hydrogen (secondary N) is 1. The maximum atomic E-state index is 12.6. The first-order chi connectivity index (χ1) is 15.5. The highest BCUT2D eigenvalue weighted by molar-refractivity contribution is 7.99. The molecule has 32 heavy (non-hydrogen) atoms. The standard InChI is InChI=1S/C24H28N4O3S/c1-4-5-6-10-22(30)25-19-13-11-17(12-14-19)21(29)16-32-24-27-26-23(28(24)2)18-8-7-9-20(15-18)31-3/h7-9,11-15H,4-6,10,16H2,1-3H3,(H,25,30). The second-order valence-corrected chi connectivity index (χ2v) is 8.33. The van der Waals surface area contributed by atoms with Crippen molar-refractivity contribution in [3.05, 3.63) is 54.1 Å². The van der Waals surface area contributed by atoms with Crippen LogP contribution in [-0.4, -0.2) is 39.3 Å². The molecule has 3 rings (SSSR count). The van der Waals surface area contributed by atoms with Crippen LogP contribution in [0.5, 0.6) is 5.75 Å². The maximum absolute atomic E-state index is 12.6. The summed E-state index contributed by atoms with van der Waals surface area (Å²) in [6.07, 6.45) is 3.53. The third-order valence-electron chi connectivity index (χ3n) is 4.99. The van der Waals surface area contributed by atoms with Crippen molar-refractivity contribution in [3.8, 4) is 17.1 Å². The van der Waals surface area contributed by atoms with Gasteiger partial charge in [-0.05, 0) is 42.8 Å². The Morgan fingerprint density at radius 2 is 1.88 bits per heavy atom. The first-order valence-electron chi connectivity index (χ1n) is 10.6. The van der Waals surface area contributed by atoms with E-state index in [1.54, 1.807) is 31.4 Å². The molecule has 2 aromatic carbocycles. The number of hydrogen-bond donors (Lipinski definition) is 1. The lowest BCUT2D eigenvalue weighted by atomic mass is 10.1. The monoisotopic (exact) mass is 452 g/mol. The number of methoxy groups -OCH3 is 1. The van der Waals surface area contributed by atoms with Gasteiger partial charge in [-0.2, -0.15) is 0 Å². The number of carbonyl (C=O) groups is 2. The minimum absolute atomic E-state index is 0.00204. The molecule has 168 valence electrons. The largest absolute Gasteiger partial charge is 0.497 e. The van der Waals surface area contributed by atoms with E-state index < -0.39 is 0 Å². The van der Waals surface area contributed by atoms with Crippen LogP contribution in [0.4, 0.5) is 5.69 Å². The minimum Gasteiger partial charge on any atom is -0.497 e. The minimum atomic E-state index is -0.0123. The number of anilines is 1. The second-order valence-electron chi connectivity index (χ2n) is 7.39. The van der Waals surface area contributed by atoms with Gasteiger partial charge in [-0.1, -0.05) is 43.7 Å². The molecule has 7 nitrogen and oxygen atoms in total. The summed E-state index contributed by atoms with van der Waals surface area (Å²) in [5.74, 6) is 1.68. The predicted molar refractivity (Wildman–Crippen MR) is 127 cm³/mol. The summed E-state index contributed by atoms with van der Waals surface area (Å²) < 4.78 is 7.14. The van der Waals surface area contributed by atoms with Gasteiger partial charge in [0.15, 0.2) is 16.8 Å². The fourth-order valence-electron chi connectivity index (χ4n) is 3.17. The molecule has 0 spiro atoms. The zero-order chi connectivity index (χ0) is 22.9. The molecular formula is C24H28N4O3S. The van der Waals surface area contributed by atoms with Gasteiger partial charge in [0.25, 0.3) is 0 Å². The number of Topliss-reactive ketones (excluding diaryl/α,β-unsaturated/α-hetero) is 1. The molecule has 3 aromatic rings. The fourth-order valence-corrected chi connectivity index (χ4v) is 3.97. The Kier molecular flexibility index (Phi) is 8.44. The van der Waals surface area contributed by atoms with Crippen molar-refractivity contribution in [1.29, 1.82) is 0 Å². The fraction of sp³-hybridized carbons (Fsp3) is 0.333. The molecule has 0 fully saturated rings. The van der Waals surface area contributed by atoms with Crippen LogP contribution in [-0.2, 0) is 11.8 Å². The van der Waals surface area contributed by atoms with Crippen LogP contribution >= 0.6 is 11.8 Å². The molecule has 0 aliphatic heterocycles. The highest BCUT2D eigenvalue weighted by Crippen LogP contribution is 2.26. The molecule has 1 heterocycles. The number of thioether (sulfide) groups is 1. The maximum Gasteiger partial charge on any atom is 0.224 e. The molecule has 1 N–H and O–H groups in total. The average molecular weight is 453 g/mol. The van der Waals surface area contributed by atoms with E-state index in [2.05, 4.69) is 22.4 Å². The van der Waals surface area contributed by atoms with Crippen LogP contribution in [0.1, 0.15) is 43.0 Å². The van der Waals surface area contributed by atoms with Gasteiger partial charge in [-0.3, -0.25) is 9.59 Å². The highest BCUT2D eigenvalue weighted by atomic mass is 32.2. The summed E-state index contributed by atoms with van der Waals surface area (Å²) in [6.45, 7) is 2.11. The van der Waals surface area contributed by atoms with Gasteiger partial charge < -0.3 is 14.6 Å². The highest BCUT2D eigenvalue weighted by Gasteiger charge is 2.14. The lowest BCUT2D eigenvalue weighted by Gasteiger charge is -2.07. The van der Waals surface area contributed by atoms with Crippen molar-refractivity contribution in [2.24, 2.45) is 7.05 Å². The molecule has 0 aliphatic rings. The Morgan fingerprint density at radius 1 is 1.09 bits per heavy atom. The molecule has 0 radical (unpaired) electrons. The van der Waals surface area contributed by atoms with Gasteiger partial charge >= 0.3 is 0 Å². The lowest BCUT2D eigenvalue weighted by molar-refractivity contribution is -0.116. The lowest BCUT2D eigenvalue weighted by Crippen LogP contribution is -2.11. The van der Waals surface area contributed by atoms with Crippen molar-refractivity contribution in [2.45, 2.75) is 37.8 Å². The molecule has 1 amide bonds. The number of unbranched alkanes of at least 4 members (excludes halogenated alkanes) is 2. The van der Waals surface area contributed by atoms with Crippen LogP contribution in [0.15, 0.2) is 53.7 Å². The van der Waals surface area contributed by atoms with E-state index in [0.717, 1.165) is 30.6 Å². The van der Waals surface area contributed by atoms with Crippen molar-refractivity contribution in [2.75, 3.05) is 18.2 Å². The van der Waals surface area contributed by atoms with E-state index in [1.807, 2.05) is 35.9 Å². The van der Waals surface area contributed by atoms with Gasteiger partial charge in [0.1, 0.15) is 5.75 Å². The molecule has 8 heteroatoms. The van der Waals surface area contributed by atoms with Crippen LogP contribution < -0.4 is 10.1 Å².